The molecule has 0 aliphatic carbocycles. The van der Waals surface area contributed by atoms with Crippen molar-refractivity contribution in [1.29, 1.82) is 0 Å². The highest BCUT2D eigenvalue weighted by atomic mass is 16.5. The van der Waals surface area contributed by atoms with Crippen LogP contribution in [0.4, 0.5) is 0 Å². The van der Waals surface area contributed by atoms with Gasteiger partial charge in [0.15, 0.2) is 0 Å². The van der Waals surface area contributed by atoms with Gasteiger partial charge in [0.25, 0.3) is 0 Å². The summed E-state index contributed by atoms with van der Waals surface area (Å²) in [5.74, 6) is 0.0265. The van der Waals surface area contributed by atoms with Crippen molar-refractivity contribution in [2.24, 2.45) is 5.92 Å². The predicted molar refractivity (Wildman–Crippen MR) is 71.2 cm³/mol. The second-order valence-corrected chi connectivity index (χ2v) is 4.89. The maximum atomic E-state index is 11.5. The molecule has 0 aromatic heterocycles. The maximum Gasteiger partial charge on any atom is 0.138 e. The van der Waals surface area contributed by atoms with Gasteiger partial charge in [-0.2, -0.15) is 0 Å². The Morgan fingerprint density at radius 3 is 2.39 bits per heavy atom. The number of hydrogen-bond donors (Lipinski definition) is 1. The van der Waals surface area contributed by atoms with Gasteiger partial charge >= 0.3 is 0 Å². The molecule has 1 aromatic rings. The molecule has 0 aliphatic rings. The fourth-order valence-electron chi connectivity index (χ4n) is 1.52. The molecule has 1 rings (SSSR count). The number of rotatable bonds is 7. The smallest absolute Gasteiger partial charge is 0.138 e. The van der Waals surface area contributed by atoms with Gasteiger partial charge in [-0.25, -0.2) is 0 Å². The molecule has 0 fully saturated rings. The molecule has 3 nitrogen and oxygen atoms in total. The SMILES string of the molecule is CC(C)C(=O)C[C@H](O)[C@@H](C)OCc1ccccc1. The Bertz CT molecular complexity index is 359. The summed E-state index contributed by atoms with van der Waals surface area (Å²) in [7, 11) is 0. The molecule has 0 spiro atoms. The maximum absolute atomic E-state index is 11.5. The fraction of sp³-hybridized carbons (Fsp3) is 0.533. The zero-order valence-corrected chi connectivity index (χ0v) is 11.3. The van der Waals surface area contributed by atoms with Gasteiger partial charge in [-0.1, -0.05) is 44.2 Å². The summed E-state index contributed by atoms with van der Waals surface area (Å²) < 4.78 is 5.57. The number of carbonyl (C=O) groups is 1. The van der Waals surface area contributed by atoms with E-state index in [-0.39, 0.29) is 24.2 Å². The molecule has 2 atom stereocenters. The lowest BCUT2D eigenvalue weighted by Gasteiger charge is -2.19. The molecule has 18 heavy (non-hydrogen) atoms. The Balaban J connectivity index is 2.36. The normalized spacial score (nSPS) is 14.5. The van der Waals surface area contributed by atoms with E-state index in [0.717, 1.165) is 5.56 Å². The molecule has 0 heterocycles. The summed E-state index contributed by atoms with van der Waals surface area (Å²) in [5, 5.41) is 9.87. The van der Waals surface area contributed by atoms with Crippen molar-refractivity contribution in [2.45, 2.75) is 46.0 Å². The van der Waals surface area contributed by atoms with Crippen molar-refractivity contribution in [3.05, 3.63) is 35.9 Å². The minimum atomic E-state index is -0.733. The Hall–Kier alpha value is -1.19. The minimum absolute atomic E-state index is 0.0408. The molecule has 0 radical (unpaired) electrons. The second-order valence-electron chi connectivity index (χ2n) is 4.89. The third-order valence-electron chi connectivity index (χ3n) is 2.95. The molecule has 0 saturated carbocycles. The average molecular weight is 250 g/mol. The monoisotopic (exact) mass is 250 g/mol. The predicted octanol–water partition coefficient (Wildman–Crippen LogP) is 2.57. The van der Waals surface area contributed by atoms with Crippen LogP contribution < -0.4 is 0 Å². The number of ether oxygens (including phenoxy) is 1. The first-order chi connectivity index (χ1) is 8.50. The lowest BCUT2D eigenvalue weighted by molar-refractivity contribution is -0.126. The molecule has 1 N–H and O–H groups in total. The number of aliphatic hydroxyl groups excluding tert-OH is 1. The Kier molecular flexibility index (Phi) is 6.02. The van der Waals surface area contributed by atoms with Crippen LogP contribution in [-0.4, -0.2) is 23.1 Å². The molecule has 0 saturated heterocycles. The van der Waals surface area contributed by atoms with E-state index in [9.17, 15) is 9.90 Å². The van der Waals surface area contributed by atoms with E-state index in [4.69, 9.17) is 4.74 Å². The number of benzene rings is 1. The average Bonchev–Trinajstić information content (AvgIpc) is 2.36. The highest BCUT2D eigenvalue weighted by Crippen LogP contribution is 2.10. The molecular weight excluding hydrogens is 228 g/mol. The van der Waals surface area contributed by atoms with Crippen molar-refractivity contribution in [2.75, 3.05) is 0 Å². The van der Waals surface area contributed by atoms with Crippen LogP contribution in [-0.2, 0) is 16.1 Å². The van der Waals surface area contributed by atoms with Gasteiger partial charge in [0.05, 0.1) is 18.8 Å². The van der Waals surface area contributed by atoms with Crippen molar-refractivity contribution >= 4 is 5.78 Å². The van der Waals surface area contributed by atoms with Crippen molar-refractivity contribution in [1.82, 2.24) is 0 Å². The molecule has 0 amide bonds. The fourth-order valence-corrected chi connectivity index (χ4v) is 1.52. The Labute approximate surface area is 109 Å². The van der Waals surface area contributed by atoms with Gasteiger partial charge in [0.1, 0.15) is 5.78 Å². The minimum Gasteiger partial charge on any atom is -0.390 e. The van der Waals surface area contributed by atoms with Crippen LogP contribution >= 0.6 is 0 Å². The third-order valence-corrected chi connectivity index (χ3v) is 2.95. The third kappa shape index (κ3) is 4.98. The Morgan fingerprint density at radius 1 is 1.22 bits per heavy atom. The van der Waals surface area contributed by atoms with Gasteiger partial charge in [-0.15, -0.1) is 0 Å². The van der Waals surface area contributed by atoms with Crippen LogP contribution in [0.3, 0.4) is 0 Å². The molecular formula is C15H22O3. The quantitative estimate of drug-likeness (QED) is 0.809. The van der Waals surface area contributed by atoms with E-state index in [1.54, 1.807) is 6.92 Å². The number of ketones is 1. The first kappa shape index (κ1) is 14.9. The lowest BCUT2D eigenvalue weighted by atomic mass is 10.0. The van der Waals surface area contributed by atoms with Crippen LogP contribution in [0.1, 0.15) is 32.8 Å². The zero-order valence-electron chi connectivity index (χ0n) is 11.3. The van der Waals surface area contributed by atoms with Gasteiger partial charge in [0.2, 0.25) is 0 Å². The summed E-state index contributed by atoms with van der Waals surface area (Å²) in [6.45, 7) is 5.92. The van der Waals surface area contributed by atoms with Gasteiger partial charge < -0.3 is 9.84 Å². The number of aliphatic hydroxyl groups is 1. The number of hydrogen-bond acceptors (Lipinski definition) is 3. The van der Waals surface area contributed by atoms with E-state index < -0.39 is 6.10 Å². The summed E-state index contributed by atoms with van der Waals surface area (Å²) in [6, 6.07) is 9.78. The molecule has 0 unspecified atom stereocenters. The summed E-state index contributed by atoms with van der Waals surface area (Å²) in [5.41, 5.74) is 1.06. The molecule has 3 heteroatoms. The first-order valence-electron chi connectivity index (χ1n) is 6.37. The van der Waals surface area contributed by atoms with E-state index in [2.05, 4.69) is 0 Å². The summed E-state index contributed by atoms with van der Waals surface area (Å²) in [4.78, 5) is 11.5. The van der Waals surface area contributed by atoms with Gasteiger partial charge in [0, 0.05) is 12.3 Å². The van der Waals surface area contributed by atoms with Gasteiger partial charge in [-0.3, -0.25) is 4.79 Å². The highest BCUT2D eigenvalue weighted by molar-refractivity contribution is 5.80. The van der Waals surface area contributed by atoms with Crippen LogP contribution in [0.15, 0.2) is 30.3 Å². The van der Waals surface area contributed by atoms with E-state index in [1.807, 2.05) is 44.2 Å². The molecule has 0 bridgehead atoms. The van der Waals surface area contributed by atoms with Gasteiger partial charge in [-0.05, 0) is 12.5 Å². The summed E-state index contributed by atoms with van der Waals surface area (Å²) in [6.07, 6.45) is -0.912. The van der Waals surface area contributed by atoms with E-state index in [0.29, 0.717) is 6.61 Å². The van der Waals surface area contributed by atoms with Crippen LogP contribution in [0, 0.1) is 5.92 Å². The molecule has 100 valence electrons. The van der Waals surface area contributed by atoms with Crippen LogP contribution in [0.5, 0.6) is 0 Å². The standard InChI is InChI=1S/C15H22O3/c1-11(2)14(16)9-15(17)12(3)18-10-13-7-5-4-6-8-13/h4-8,11-12,15,17H,9-10H2,1-3H3/t12-,15+/m1/s1. The topological polar surface area (TPSA) is 46.5 Å². The van der Waals surface area contributed by atoms with E-state index in [1.165, 1.54) is 0 Å². The molecule has 1 aromatic carbocycles. The second kappa shape index (κ2) is 7.29. The van der Waals surface area contributed by atoms with Crippen molar-refractivity contribution in [3.8, 4) is 0 Å². The Morgan fingerprint density at radius 2 is 1.83 bits per heavy atom. The summed E-state index contributed by atoms with van der Waals surface area (Å²) >= 11 is 0. The zero-order chi connectivity index (χ0) is 13.5. The van der Waals surface area contributed by atoms with Crippen molar-refractivity contribution < 1.29 is 14.6 Å². The lowest BCUT2D eigenvalue weighted by Crippen LogP contribution is -2.29. The van der Waals surface area contributed by atoms with Crippen LogP contribution in [0.2, 0.25) is 0 Å². The molecule has 0 aliphatic heterocycles. The number of carbonyl (C=O) groups excluding carboxylic acids is 1. The van der Waals surface area contributed by atoms with Crippen molar-refractivity contribution in [3.63, 3.8) is 0 Å². The van der Waals surface area contributed by atoms with Crippen LogP contribution in [0.25, 0.3) is 0 Å². The number of Topliss-reactive ketones (excluding diaryl/α,β-unsaturated/α-hetero) is 1. The first-order valence-corrected chi connectivity index (χ1v) is 6.37. The highest BCUT2D eigenvalue weighted by Gasteiger charge is 2.20. The van der Waals surface area contributed by atoms with E-state index >= 15 is 0 Å². The largest absolute Gasteiger partial charge is 0.390 e.